The van der Waals surface area contributed by atoms with Gasteiger partial charge in [0, 0.05) is 31.7 Å². The first-order valence-corrected chi connectivity index (χ1v) is 12.1. The summed E-state index contributed by atoms with van der Waals surface area (Å²) in [4.78, 5) is 12.9. The molecule has 0 spiro atoms. The molecule has 1 aliphatic rings. The van der Waals surface area contributed by atoms with Crippen molar-refractivity contribution in [3.8, 4) is 17.3 Å². The van der Waals surface area contributed by atoms with E-state index in [-0.39, 0.29) is 18.7 Å². The number of methoxy groups -OCH3 is 1. The summed E-state index contributed by atoms with van der Waals surface area (Å²) in [6, 6.07) is 12.8. The van der Waals surface area contributed by atoms with Crippen LogP contribution < -0.4 is 25.4 Å². The van der Waals surface area contributed by atoms with Crippen LogP contribution in [0.2, 0.25) is 0 Å². The van der Waals surface area contributed by atoms with Gasteiger partial charge in [-0.15, -0.1) is 18.3 Å². The molecular formula is C26H30F3N5O4. The number of anilines is 1. The summed E-state index contributed by atoms with van der Waals surface area (Å²) >= 11 is 0. The van der Waals surface area contributed by atoms with Crippen LogP contribution in [-0.4, -0.2) is 49.0 Å². The minimum atomic E-state index is -4.87. The van der Waals surface area contributed by atoms with Crippen molar-refractivity contribution < 1.29 is 32.2 Å². The molecule has 2 amide bonds. The Bertz CT molecular complexity index is 1230. The molecule has 4 rings (SSSR count). The van der Waals surface area contributed by atoms with Gasteiger partial charge in [0.15, 0.2) is 0 Å². The standard InChI is InChI=1S/C26H30F3N5O4/c1-17-23(34(21-6-4-3-5-7-21)33-24(17)37-16-19-10-11-30-13-19)32-25(35)31-14-20-12-18(15-36-2)8-9-22(20)38-26(27,28)29/h3-9,12,19,30H,10-11,13-16H2,1-2H3,(H2,31,32,35). The third-order valence-electron chi connectivity index (χ3n) is 6.03. The van der Waals surface area contributed by atoms with Crippen molar-refractivity contribution in [3.05, 3.63) is 65.2 Å². The van der Waals surface area contributed by atoms with Gasteiger partial charge >= 0.3 is 12.4 Å². The van der Waals surface area contributed by atoms with Crippen LogP contribution in [0.15, 0.2) is 48.5 Å². The van der Waals surface area contributed by atoms with Crippen LogP contribution >= 0.6 is 0 Å². The van der Waals surface area contributed by atoms with Crippen molar-refractivity contribution in [2.24, 2.45) is 5.92 Å². The number of benzene rings is 2. The summed E-state index contributed by atoms with van der Waals surface area (Å²) in [6.45, 7) is 4.07. The Morgan fingerprint density at radius 3 is 2.68 bits per heavy atom. The lowest BCUT2D eigenvalue weighted by Crippen LogP contribution is -2.30. The van der Waals surface area contributed by atoms with E-state index in [2.05, 4.69) is 25.8 Å². The summed E-state index contributed by atoms with van der Waals surface area (Å²) in [5.41, 5.74) is 2.11. The zero-order valence-electron chi connectivity index (χ0n) is 21.1. The predicted octanol–water partition coefficient (Wildman–Crippen LogP) is 4.54. The molecule has 3 N–H and O–H groups in total. The molecule has 1 fully saturated rings. The maximum atomic E-state index is 12.9. The highest BCUT2D eigenvalue weighted by Gasteiger charge is 2.32. The molecule has 9 nitrogen and oxygen atoms in total. The van der Waals surface area contributed by atoms with E-state index in [1.54, 1.807) is 11.6 Å². The van der Waals surface area contributed by atoms with Gasteiger partial charge in [0.1, 0.15) is 11.6 Å². The largest absolute Gasteiger partial charge is 0.573 e. The van der Waals surface area contributed by atoms with Gasteiger partial charge in [0.2, 0.25) is 5.88 Å². The van der Waals surface area contributed by atoms with Gasteiger partial charge in [-0.1, -0.05) is 24.3 Å². The molecule has 1 unspecified atom stereocenters. The Hall–Kier alpha value is -3.77. The fourth-order valence-electron chi connectivity index (χ4n) is 4.15. The average molecular weight is 534 g/mol. The van der Waals surface area contributed by atoms with Crippen LogP contribution in [0.3, 0.4) is 0 Å². The minimum Gasteiger partial charge on any atom is -0.476 e. The summed E-state index contributed by atoms with van der Waals surface area (Å²) in [5.74, 6) is 0.746. The number of carbonyl (C=O) groups excluding carboxylic acids is 1. The zero-order chi connectivity index (χ0) is 27.1. The Labute approximate surface area is 218 Å². The second-order valence-corrected chi connectivity index (χ2v) is 8.93. The molecule has 38 heavy (non-hydrogen) atoms. The number of aromatic nitrogens is 2. The minimum absolute atomic E-state index is 0.148. The first-order valence-electron chi connectivity index (χ1n) is 12.1. The molecule has 1 aliphatic heterocycles. The number of alkyl halides is 3. The highest BCUT2D eigenvalue weighted by atomic mass is 19.4. The van der Waals surface area contributed by atoms with Crippen molar-refractivity contribution in [2.45, 2.75) is 32.9 Å². The van der Waals surface area contributed by atoms with Gasteiger partial charge < -0.3 is 24.8 Å². The maximum absolute atomic E-state index is 12.9. The number of nitrogens with zero attached hydrogens (tertiary/aromatic N) is 2. The Balaban J connectivity index is 1.51. The molecule has 2 heterocycles. The lowest BCUT2D eigenvalue weighted by atomic mass is 10.1. The van der Waals surface area contributed by atoms with Crippen molar-refractivity contribution in [1.82, 2.24) is 20.4 Å². The zero-order valence-corrected chi connectivity index (χ0v) is 21.1. The highest BCUT2D eigenvalue weighted by molar-refractivity contribution is 5.89. The monoisotopic (exact) mass is 533 g/mol. The normalized spacial score (nSPS) is 15.3. The van der Waals surface area contributed by atoms with E-state index in [0.29, 0.717) is 41.0 Å². The van der Waals surface area contributed by atoms with Gasteiger partial charge in [-0.05, 0) is 49.7 Å². The van der Waals surface area contributed by atoms with Gasteiger partial charge in [-0.25, -0.2) is 9.48 Å². The molecule has 0 bridgehead atoms. The number of halogens is 3. The first-order chi connectivity index (χ1) is 18.2. The lowest BCUT2D eigenvalue weighted by molar-refractivity contribution is -0.274. The van der Waals surface area contributed by atoms with E-state index in [4.69, 9.17) is 9.47 Å². The van der Waals surface area contributed by atoms with Crippen LogP contribution in [0.1, 0.15) is 23.1 Å². The number of urea groups is 1. The number of nitrogens with one attached hydrogen (secondary N) is 3. The summed E-state index contributed by atoms with van der Waals surface area (Å²) in [5, 5.41) is 13.2. The number of carbonyl (C=O) groups is 1. The van der Waals surface area contributed by atoms with E-state index < -0.39 is 18.1 Å². The maximum Gasteiger partial charge on any atom is 0.573 e. The van der Waals surface area contributed by atoms with Crippen LogP contribution in [0, 0.1) is 12.8 Å². The SMILES string of the molecule is COCc1ccc(OC(F)(F)F)c(CNC(=O)Nc2c(C)c(OCC3CCNC3)nn2-c2ccccc2)c1. The Kier molecular flexibility index (Phi) is 8.74. The molecule has 2 aromatic carbocycles. The quantitative estimate of drug-likeness (QED) is 0.354. The van der Waals surface area contributed by atoms with Crippen molar-refractivity contribution in [3.63, 3.8) is 0 Å². The number of hydrogen-bond donors (Lipinski definition) is 3. The van der Waals surface area contributed by atoms with Gasteiger partial charge in [0.25, 0.3) is 0 Å². The highest BCUT2D eigenvalue weighted by Crippen LogP contribution is 2.30. The van der Waals surface area contributed by atoms with Crippen LogP contribution in [0.4, 0.5) is 23.8 Å². The second kappa shape index (κ2) is 12.2. The smallest absolute Gasteiger partial charge is 0.476 e. The molecule has 1 saturated heterocycles. The molecule has 3 aromatic rings. The van der Waals surface area contributed by atoms with Gasteiger partial charge in [-0.3, -0.25) is 5.32 Å². The van der Waals surface area contributed by atoms with E-state index in [9.17, 15) is 18.0 Å². The molecule has 0 aliphatic carbocycles. The van der Waals surface area contributed by atoms with E-state index >= 15 is 0 Å². The topological polar surface area (TPSA) is 98.7 Å². The molecule has 1 aromatic heterocycles. The number of hydrogen-bond acceptors (Lipinski definition) is 6. The molecular weight excluding hydrogens is 503 g/mol. The number of ether oxygens (including phenoxy) is 3. The average Bonchev–Trinajstić information content (AvgIpc) is 3.51. The third kappa shape index (κ3) is 7.17. The van der Waals surface area contributed by atoms with Crippen molar-refractivity contribution >= 4 is 11.8 Å². The van der Waals surface area contributed by atoms with Gasteiger partial charge in [0.05, 0.1) is 24.5 Å². The number of rotatable bonds is 10. The first kappa shape index (κ1) is 27.3. The fraction of sp³-hybridized carbons (Fsp3) is 0.385. The molecule has 0 radical (unpaired) electrons. The molecule has 0 saturated carbocycles. The Morgan fingerprint density at radius 2 is 2.00 bits per heavy atom. The van der Waals surface area contributed by atoms with E-state index in [0.717, 1.165) is 19.5 Å². The predicted molar refractivity (Wildman–Crippen MR) is 134 cm³/mol. The molecule has 1 atom stereocenters. The molecule has 204 valence electrons. The fourth-order valence-corrected chi connectivity index (χ4v) is 4.15. The number of para-hydroxylation sites is 1. The van der Waals surface area contributed by atoms with Crippen LogP contribution in [0.25, 0.3) is 5.69 Å². The summed E-state index contributed by atoms with van der Waals surface area (Å²) in [6.07, 6.45) is -3.86. The van der Waals surface area contributed by atoms with Crippen LogP contribution in [0.5, 0.6) is 11.6 Å². The lowest BCUT2D eigenvalue weighted by Gasteiger charge is -2.16. The van der Waals surface area contributed by atoms with E-state index in [1.165, 1.54) is 25.3 Å². The second-order valence-electron chi connectivity index (χ2n) is 8.93. The summed E-state index contributed by atoms with van der Waals surface area (Å²) < 4.78 is 55.5. The summed E-state index contributed by atoms with van der Waals surface area (Å²) in [7, 11) is 1.48. The number of amides is 2. The van der Waals surface area contributed by atoms with Crippen LogP contribution in [-0.2, 0) is 17.9 Å². The van der Waals surface area contributed by atoms with Crippen molar-refractivity contribution in [2.75, 3.05) is 32.1 Å². The van der Waals surface area contributed by atoms with Crippen molar-refractivity contribution in [1.29, 1.82) is 0 Å². The molecule has 12 heteroatoms. The third-order valence-corrected chi connectivity index (χ3v) is 6.03. The Morgan fingerprint density at radius 1 is 1.21 bits per heavy atom. The van der Waals surface area contributed by atoms with Gasteiger partial charge in [-0.2, -0.15) is 0 Å². The van der Waals surface area contributed by atoms with E-state index in [1.807, 2.05) is 30.3 Å².